The number of aromatic nitrogens is 1. The molecule has 32 heavy (non-hydrogen) atoms. The van der Waals surface area contributed by atoms with Gasteiger partial charge in [0.15, 0.2) is 5.96 Å². The Morgan fingerprint density at radius 1 is 1.22 bits per heavy atom. The summed E-state index contributed by atoms with van der Waals surface area (Å²) in [6.07, 6.45) is 1.86. The van der Waals surface area contributed by atoms with Gasteiger partial charge in [0.2, 0.25) is 5.91 Å². The average Bonchev–Trinajstić information content (AvgIpc) is 3.13. The van der Waals surface area contributed by atoms with Crippen LogP contribution in [0.1, 0.15) is 52.2 Å². The lowest BCUT2D eigenvalue weighted by Crippen LogP contribution is -2.42. The van der Waals surface area contributed by atoms with Gasteiger partial charge < -0.3 is 20.7 Å². The van der Waals surface area contributed by atoms with Crippen molar-refractivity contribution in [1.82, 2.24) is 15.6 Å². The molecule has 1 amide bonds. The van der Waals surface area contributed by atoms with Crippen molar-refractivity contribution in [2.45, 2.75) is 66.0 Å². The van der Waals surface area contributed by atoms with Crippen molar-refractivity contribution in [2.24, 2.45) is 4.99 Å². The SMILES string of the molecule is CCc1nc(CCNC(=NCC(=O)NC(C)(C)C)Nc2ccc(OC(C)C)cc2)cs1.I. The molecule has 0 aliphatic rings. The Morgan fingerprint density at radius 3 is 2.47 bits per heavy atom. The van der Waals surface area contributed by atoms with Crippen molar-refractivity contribution in [2.75, 3.05) is 18.4 Å². The fraction of sp³-hybridized carbons (Fsp3) is 0.522. The Labute approximate surface area is 212 Å². The first-order chi connectivity index (χ1) is 14.6. The van der Waals surface area contributed by atoms with E-state index in [9.17, 15) is 4.79 Å². The summed E-state index contributed by atoms with van der Waals surface area (Å²) in [7, 11) is 0. The lowest BCUT2D eigenvalue weighted by Gasteiger charge is -2.20. The number of amides is 1. The number of rotatable bonds is 9. The Hall–Kier alpha value is -1.88. The lowest BCUT2D eigenvalue weighted by molar-refractivity contribution is -0.121. The molecule has 0 spiro atoms. The fourth-order valence-electron chi connectivity index (χ4n) is 2.71. The molecule has 0 radical (unpaired) electrons. The Kier molecular flexibility index (Phi) is 12.0. The summed E-state index contributed by atoms with van der Waals surface area (Å²) in [5.41, 5.74) is 1.64. The number of aryl methyl sites for hydroxylation is 1. The van der Waals surface area contributed by atoms with E-state index in [-0.39, 0.29) is 48.1 Å². The van der Waals surface area contributed by atoms with Gasteiger partial charge in [-0.05, 0) is 65.3 Å². The number of nitrogens with one attached hydrogen (secondary N) is 3. The van der Waals surface area contributed by atoms with E-state index in [2.05, 4.69) is 38.2 Å². The summed E-state index contributed by atoms with van der Waals surface area (Å²) < 4.78 is 5.69. The van der Waals surface area contributed by atoms with Crippen LogP contribution in [0.4, 0.5) is 5.69 Å². The number of ether oxygens (including phenoxy) is 1. The highest BCUT2D eigenvalue weighted by Crippen LogP contribution is 2.17. The molecule has 2 rings (SSSR count). The number of carbonyl (C=O) groups excluding carboxylic acids is 1. The first-order valence-corrected chi connectivity index (χ1v) is 11.6. The molecule has 0 aliphatic carbocycles. The molecule has 0 unspecified atom stereocenters. The van der Waals surface area contributed by atoms with Gasteiger partial charge in [-0.3, -0.25) is 4.79 Å². The third-order valence-corrected chi connectivity index (χ3v) is 5.00. The molecule has 1 heterocycles. The van der Waals surface area contributed by atoms with Crippen molar-refractivity contribution in [3.63, 3.8) is 0 Å². The summed E-state index contributed by atoms with van der Waals surface area (Å²) in [4.78, 5) is 21.3. The largest absolute Gasteiger partial charge is 0.491 e. The van der Waals surface area contributed by atoms with Crippen molar-refractivity contribution in [3.8, 4) is 5.75 Å². The number of carbonyl (C=O) groups is 1. The van der Waals surface area contributed by atoms with Gasteiger partial charge in [-0.2, -0.15) is 0 Å². The maximum absolute atomic E-state index is 12.2. The summed E-state index contributed by atoms with van der Waals surface area (Å²) in [5.74, 6) is 1.24. The van der Waals surface area contributed by atoms with Crippen molar-refractivity contribution in [3.05, 3.63) is 40.3 Å². The number of halogens is 1. The zero-order chi connectivity index (χ0) is 22.9. The van der Waals surface area contributed by atoms with Crippen LogP contribution in [0, 0.1) is 0 Å². The second kappa shape index (κ2) is 13.6. The first-order valence-electron chi connectivity index (χ1n) is 10.7. The van der Waals surface area contributed by atoms with Crippen LogP contribution < -0.4 is 20.7 Å². The molecule has 178 valence electrons. The molecular formula is C23H36IN5O2S. The molecular weight excluding hydrogens is 537 g/mol. The van der Waals surface area contributed by atoms with Gasteiger partial charge in [-0.15, -0.1) is 35.3 Å². The van der Waals surface area contributed by atoms with E-state index in [1.165, 1.54) is 0 Å². The van der Waals surface area contributed by atoms with Crippen LogP contribution in [-0.2, 0) is 17.6 Å². The highest BCUT2D eigenvalue weighted by molar-refractivity contribution is 14.0. The zero-order valence-corrected chi connectivity index (χ0v) is 23.0. The van der Waals surface area contributed by atoms with E-state index in [1.54, 1.807) is 11.3 Å². The zero-order valence-electron chi connectivity index (χ0n) is 19.8. The summed E-state index contributed by atoms with van der Waals surface area (Å²) in [5, 5.41) is 12.7. The summed E-state index contributed by atoms with van der Waals surface area (Å²) >= 11 is 1.69. The Bertz CT molecular complexity index is 860. The van der Waals surface area contributed by atoms with Crippen LogP contribution in [0.3, 0.4) is 0 Å². The normalized spacial score (nSPS) is 11.7. The van der Waals surface area contributed by atoms with Gasteiger partial charge in [0, 0.05) is 29.6 Å². The first kappa shape index (κ1) is 28.2. The molecule has 7 nitrogen and oxygen atoms in total. The van der Waals surface area contributed by atoms with E-state index in [0.29, 0.717) is 12.5 Å². The summed E-state index contributed by atoms with van der Waals surface area (Å²) in [6.45, 7) is 12.6. The monoisotopic (exact) mass is 573 g/mol. The maximum Gasteiger partial charge on any atom is 0.242 e. The van der Waals surface area contributed by atoms with Crippen LogP contribution in [0.25, 0.3) is 0 Å². The van der Waals surface area contributed by atoms with Crippen molar-refractivity contribution in [1.29, 1.82) is 0 Å². The minimum Gasteiger partial charge on any atom is -0.491 e. The van der Waals surface area contributed by atoms with Crippen LogP contribution in [0.5, 0.6) is 5.75 Å². The third kappa shape index (κ3) is 11.1. The molecule has 2 aromatic rings. The minimum absolute atomic E-state index is 0. The number of guanidine groups is 1. The number of anilines is 1. The number of hydrogen-bond acceptors (Lipinski definition) is 5. The lowest BCUT2D eigenvalue weighted by atomic mass is 10.1. The van der Waals surface area contributed by atoms with Gasteiger partial charge in [0.05, 0.1) is 16.8 Å². The van der Waals surface area contributed by atoms with Crippen molar-refractivity contribution < 1.29 is 9.53 Å². The fourth-order valence-corrected chi connectivity index (χ4v) is 3.49. The van der Waals surface area contributed by atoms with Gasteiger partial charge in [-0.25, -0.2) is 9.98 Å². The maximum atomic E-state index is 12.2. The predicted octanol–water partition coefficient (Wildman–Crippen LogP) is 4.63. The summed E-state index contributed by atoms with van der Waals surface area (Å²) in [6, 6.07) is 7.68. The molecule has 0 atom stereocenters. The van der Waals surface area contributed by atoms with Crippen LogP contribution in [-0.4, -0.2) is 41.6 Å². The third-order valence-electron chi connectivity index (χ3n) is 3.96. The van der Waals surface area contributed by atoms with Crippen molar-refractivity contribution >= 4 is 52.9 Å². The smallest absolute Gasteiger partial charge is 0.242 e. The number of nitrogens with zero attached hydrogens (tertiary/aromatic N) is 2. The van der Waals surface area contributed by atoms with Gasteiger partial charge in [0.1, 0.15) is 12.3 Å². The molecule has 0 aliphatic heterocycles. The van der Waals surface area contributed by atoms with Crippen LogP contribution >= 0.6 is 35.3 Å². The second-order valence-electron chi connectivity index (χ2n) is 8.54. The Morgan fingerprint density at radius 2 is 1.91 bits per heavy atom. The highest BCUT2D eigenvalue weighted by Gasteiger charge is 2.13. The molecule has 0 saturated carbocycles. The molecule has 3 N–H and O–H groups in total. The van der Waals surface area contributed by atoms with Gasteiger partial charge >= 0.3 is 0 Å². The molecule has 1 aromatic carbocycles. The predicted molar refractivity (Wildman–Crippen MR) is 145 cm³/mol. The van der Waals surface area contributed by atoms with Gasteiger partial charge in [-0.1, -0.05) is 6.92 Å². The molecule has 0 fully saturated rings. The van der Waals surface area contributed by atoms with E-state index < -0.39 is 0 Å². The standard InChI is InChI=1S/C23H35N5O2S.HI/c1-7-21-26-18(15-31-21)12-13-24-22(25-14-20(29)28-23(4,5)6)27-17-8-10-19(11-9-17)30-16(2)3;/h8-11,15-16H,7,12-14H2,1-6H3,(H,28,29)(H2,24,25,27);1H. The topological polar surface area (TPSA) is 87.6 Å². The molecule has 9 heteroatoms. The average molecular weight is 574 g/mol. The van der Waals surface area contributed by atoms with E-state index >= 15 is 0 Å². The van der Waals surface area contributed by atoms with E-state index in [1.807, 2.05) is 58.9 Å². The number of thiazole rings is 1. The number of benzene rings is 1. The van der Waals surface area contributed by atoms with Crippen LogP contribution in [0.15, 0.2) is 34.6 Å². The van der Waals surface area contributed by atoms with Crippen LogP contribution in [0.2, 0.25) is 0 Å². The highest BCUT2D eigenvalue weighted by atomic mass is 127. The molecule has 0 bridgehead atoms. The molecule has 1 aromatic heterocycles. The van der Waals surface area contributed by atoms with E-state index in [0.717, 1.165) is 35.0 Å². The number of aliphatic imine (C=N–C) groups is 1. The van der Waals surface area contributed by atoms with E-state index in [4.69, 9.17) is 4.74 Å². The Balaban J connectivity index is 0.00000512. The second-order valence-corrected chi connectivity index (χ2v) is 9.48. The minimum atomic E-state index is -0.290. The van der Waals surface area contributed by atoms with Gasteiger partial charge in [0.25, 0.3) is 0 Å². The number of hydrogen-bond donors (Lipinski definition) is 3. The molecule has 0 saturated heterocycles. The quantitative estimate of drug-likeness (QED) is 0.232.